The van der Waals surface area contributed by atoms with Crippen LogP contribution in [0.1, 0.15) is 29.7 Å². The molecule has 3 heterocycles. The van der Waals surface area contributed by atoms with Crippen molar-refractivity contribution in [3.8, 4) is 5.69 Å². The van der Waals surface area contributed by atoms with Gasteiger partial charge in [-0.3, -0.25) is 4.79 Å². The average molecular weight is 430 g/mol. The van der Waals surface area contributed by atoms with E-state index in [9.17, 15) is 4.79 Å². The number of hydrogen-bond acceptors (Lipinski definition) is 4. The lowest BCUT2D eigenvalue weighted by Gasteiger charge is -2.32. The summed E-state index contributed by atoms with van der Waals surface area (Å²) < 4.78 is 1.80. The molecule has 2 aliphatic rings. The molecule has 0 bridgehead atoms. The molecular weight excluding hydrogens is 404 g/mol. The Balaban J connectivity index is 1.76. The van der Waals surface area contributed by atoms with E-state index in [4.69, 9.17) is 16.6 Å². The molecule has 152 valence electrons. The average Bonchev–Trinajstić information content (AvgIpc) is 2.90. The van der Waals surface area contributed by atoms with Crippen molar-refractivity contribution in [3.63, 3.8) is 0 Å². The molecule has 1 aromatic carbocycles. The van der Waals surface area contributed by atoms with Crippen LogP contribution in [0.2, 0.25) is 5.02 Å². The molecule has 5 nitrogen and oxygen atoms in total. The molecule has 1 fully saturated rings. The Hall–Kier alpha value is -1.89. The second-order valence-corrected chi connectivity index (χ2v) is 9.74. The molecule has 1 saturated heterocycles. The van der Waals surface area contributed by atoms with Gasteiger partial charge < -0.3 is 9.80 Å². The van der Waals surface area contributed by atoms with Crippen LogP contribution in [0.15, 0.2) is 29.1 Å². The number of nitrogens with one attached hydrogen (secondary N) is 1. The van der Waals surface area contributed by atoms with Crippen LogP contribution >= 0.6 is 22.9 Å². The third-order valence-electron chi connectivity index (χ3n) is 6.19. The van der Waals surface area contributed by atoms with Crippen LogP contribution in [0, 0.1) is 0 Å². The first-order valence-corrected chi connectivity index (χ1v) is 11.7. The molecule has 1 aliphatic carbocycles. The summed E-state index contributed by atoms with van der Waals surface area (Å²) in [5, 5.41) is 1.46. The Morgan fingerprint density at radius 2 is 1.93 bits per heavy atom. The molecule has 3 aromatic rings. The van der Waals surface area contributed by atoms with Gasteiger partial charge >= 0.3 is 0 Å². The molecule has 5 rings (SSSR count). The summed E-state index contributed by atoms with van der Waals surface area (Å²) in [6, 6.07) is 7.57. The van der Waals surface area contributed by atoms with E-state index in [0.29, 0.717) is 5.02 Å². The number of thiophene rings is 1. The minimum atomic E-state index is 0.0536. The second kappa shape index (κ2) is 7.74. The summed E-state index contributed by atoms with van der Waals surface area (Å²) in [7, 11) is 2.22. The third kappa shape index (κ3) is 3.47. The number of hydrogen-bond donors (Lipinski definition) is 1. The summed E-state index contributed by atoms with van der Waals surface area (Å²) in [6.07, 6.45) is 5.65. The Kier molecular flexibility index (Phi) is 5.10. The SMILES string of the molecule is C[NH+]1CCN(c2nc3sc4c(c3c(=O)n2-c2cccc(Cl)c2)CCCCC4)CC1. The molecule has 0 unspecified atom stereocenters. The quantitative estimate of drug-likeness (QED) is 0.637. The minimum Gasteiger partial charge on any atom is -0.334 e. The van der Waals surface area contributed by atoms with Crippen LogP contribution in [0.5, 0.6) is 0 Å². The summed E-state index contributed by atoms with van der Waals surface area (Å²) in [4.78, 5) is 25.0. The lowest BCUT2D eigenvalue weighted by atomic mass is 10.1. The fraction of sp³-hybridized carbons (Fsp3) is 0.455. The maximum atomic E-state index is 13.9. The second-order valence-electron chi connectivity index (χ2n) is 8.22. The number of quaternary nitrogens is 1. The van der Waals surface area contributed by atoms with Gasteiger partial charge in [0.1, 0.15) is 4.83 Å². The van der Waals surface area contributed by atoms with E-state index in [1.54, 1.807) is 15.9 Å². The summed E-state index contributed by atoms with van der Waals surface area (Å²) in [5.74, 6) is 0.758. The number of benzene rings is 1. The molecule has 29 heavy (non-hydrogen) atoms. The smallest absolute Gasteiger partial charge is 0.268 e. The van der Waals surface area contributed by atoms with Gasteiger partial charge in [-0.25, -0.2) is 9.55 Å². The van der Waals surface area contributed by atoms with Crippen LogP contribution < -0.4 is 15.4 Å². The maximum absolute atomic E-state index is 13.9. The van der Waals surface area contributed by atoms with Gasteiger partial charge in [-0.15, -0.1) is 11.3 Å². The predicted molar refractivity (Wildman–Crippen MR) is 120 cm³/mol. The van der Waals surface area contributed by atoms with Crippen molar-refractivity contribution < 1.29 is 4.90 Å². The van der Waals surface area contributed by atoms with Crippen molar-refractivity contribution in [2.45, 2.75) is 32.1 Å². The molecule has 0 saturated carbocycles. The van der Waals surface area contributed by atoms with E-state index in [2.05, 4.69) is 11.9 Å². The number of aromatic nitrogens is 2. The van der Waals surface area contributed by atoms with Gasteiger partial charge in [0.05, 0.1) is 44.3 Å². The summed E-state index contributed by atoms with van der Waals surface area (Å²) in [5.41, 5.74) is 2.09. The number of aryl methyl sites for hydroxylation is 2. The standard InChI is InChI=1S/C22H25ClN4OS/c1-25-10-12-26(13-11-25)22-24-20-19(17-8-3-2-4-9-18(17)29-20)21(28)27(22)16-7-5-6-15(23)14-16/h5-7,14H,2-4,8-13H2,1H3/p+1. The summed E-state index contributed by atoms with van der Waals surface area (Å²) in [6.45, 7) is 3.89. The maximum Gasteiger partial charge on any atom is 0.268 e. The first kappa shape index (κ1) is 19.1. The molecule has 0 spiro atoms. The van der Waals surface area contributed by atoms with Gasteiger partial charge in [0.25, 0.3) is 5.56 Å². The van der Waals surface area contributed by atoms with E-state index in [0.717, 1.165) is 67.3 Å². The third-order valence-corrected chi connectivity index (χ3v) is 7.61. The van der Waals surface area contributed by atoms with Crippen LogP contribution in [-0.2, 0) is 12.8 Å². The topological polar surface area (TPSA) is 42.6 Å². The fourth-order valence-corrected chi connectivity index (χ4v) is 5.95. The van der Waals surface area contributed by atoms with Crippen molar-refractivity contribution in [2.24, 2.45) is 0 Å². The molecular formula is C22H26ClN4OS+. The van der Waals surface area contributed by atoms with Crippen LogP contribution in [0.25, 0.3) is 15.9 Å². The highest BCUT2D eigenvalue weighted by Gasteiger charge is 2.26. The number of rotatable bonds is 2. The van der Waals surface area contributed by atoms with Crippen molar-refractivity contribution in [3.05, 3.63) is 50.1 Å². The molecule has 1 aliphatic heterocycles. The van der Waals surface area contributed by atoms with E-state index < -0.39 is 0 Å². The van der Waals surface area contributed by atoms with E-state index >= 15 is 0 Å². The van der Waals surface area contributed by atoms with E-state index in [1.807, 2.05) is 24.3 Å². The largest absolute Gasteiger partial charge is 0.334 e. The Morgan fingerprint density at radius 1 is 1.14 bits per heavy atom. The monoisotopic (exact) mass is 429 g/mol. The Morgan fingerprint density at radius 3 is 2.72 bits per heavy atom. The molecule has 2 aromatic heterocycles. The van der Waals surface area contributed by atoms with Crippen molar-refractivity contribution in [1.29, 1.82) is 0 Å². The van der Waals surface area contributed by atoms with Gasteiger partial charge in [0.15, 0.2) is 0 Å². The number of fused-ring (bicyclic) bond motifs is 3. The first-order chi connectivity index (χ1) is 14.1. The number of piperazine rings is 1. The lowest BCUT2D eigenvalue weighted by molar-refractivity contribution is -0.880. The predicted octanol–water partition coefficient (Wildman–Crippen LogP) is 2.70. The number of nitrogens with zero attached hydrogens (tertiary/aromatic N) is 3. The molecule has 0 radical (unpaired) electrons. The number of anilines is 1. The highest BCUT2D eigenvalue weighted by molar-refractivity contribution is 7.18. The van der Waals surface area contributed by atoms with Gasteiger partial charge in [-0.05, 0) is 49.4 Å². The number of halogens is 1. The summed E-state index contributed by atoms with van der Waals surface area (Å²) >= 11 is 8.02. The normalized spacial score (nSPS) is 18.1. The van der Waals surface area contributed by atoms with E-state index in [-0.39, 0.29) is 5.56 Å². The molecule has 0 atom stereocenters. The van der Waals surface area contributed by atoms with Crippen LogP contribution in [-0.4, -0.2) is 42.8 Å². The molecule has 7 heteroatoms. The van der Waals surface area contributed by atoms with Crippen molar-refractivity contribution in [1.82, 2.24) is 9.55 Å². The minimum absolute atomic E-state index is 0.0536. The van der Waals surface area contributed by atoms with Crippen LogP contribution in [0.4, 0.5) is 5.95 Å². The van der Waals surface area contributed by atoms with Gasteiger partial charge in [0, 0.05) is 9.90 Å². The van der Waals surface area contributed by atoms with Gasteiger partial charge in [-0.2, -0.15) is 0 Å². The van der Waals surface area contributed by atoms with E-state index in [1.165, 1.54) is 28.2 Å². The van der Waals surface area contributed by atoms with Crippen molar-refractivity contribution in [2.75, 3.05) is 38.1 Å². The van der Waals surface area contributed by atoms with Gasteiger partial charge in [0.2, 0.25) is 5.95 Å². The molecule has 0 amide bonds. The first-order valence-electron chi connectivity index (χ1n) is 10.5. The lowest BCUT2D eigenvalue weighted by Crippen LogP contribution is -3.12. The molecule has 1 N–H and O–H groups in total. The Bertz CT molecular complexity index is 1110. The fourth-order valence-electron chi connectivity index (χ4n) is 4.52. The van der Waals surface area contributed by atoms with Gasteiger partial charge in [-0.1, -0.05) is 24.1 Å². The zero-order chi connectivity index (χ0) is 20.0. The Labute approximate surface area is 179 Å². The zero-order valence-electron chi connectivity index (χ0n) is 16.7. The zero-order valence-corrected chi connectivity index (χ0v) is 18.3. The highest BCUT2D eigenvalue weighted by Crippen LogP contribution is 2.34. The van der Waals surface area contributed by atoms with Crippen molar-refractivity contribution >= 4 is 39.1 Å². The van der Waals surface area contributed by atoms with Crippen LogP contribution in [0.3, 0.4) is 0 Å². The highest BCUT2D eigenvalue weighted by atomic mass is 35.5. The number of likely N-dealkylation sites (N-methyl/N-ethyl adjacent to an activating group) is 1.